The Labute approximate surface area is 147 Å². The highest BCUT2D eigenvalue weighted by atomic mass is 16.2. The molecule has 1 N–H and O–H groups in total. The highest BCUT2D eigenvalue weighted by Gasteiger charge is 2.35. The molecule has 0 spiro atoms. The van der Waals surface area contributed by atoms with E-state index in [1.165, 1.54) is 51.7 Å². The molecule has 3 aliphatic rings. The normalized spacial score (nSPS) is 29.7. The molecule has 2 atom stereocenters. The van der Waals surface area contributed by atoms with Crippen LogP contribution in [-0.2, 0) is 0 Å². The smallest absolute Gasteiger partial charge is 0.317 e. The first-order valence-electron chi connectivity index (χ1n) is 10.1. The maximum absolute atomic E-state index is 12.4. The van der Waals surface area contributed by atoms with Crippen LogP contribution in [0, 0.1) is 5.92 Å². The van der Waals surface area contributed by atoms with Crippen molar-refractivity contribution in [1.82, 2.24) is 20.0 Å². The van der Waals surface area contributed by atoms with Gasteiger partial charge in [0.25, 0.3) is 0 Å². The molecule has 5 heteroatoms. The number of piperidine rings is 1. The highest BCUT2D eigenvalue weighted by molar-refractivity contribution is 5.74. The summed E-state index contributed by atoms with van der Waals surface area (Å²) in [5.74, 6) is 0.906. The number of likely N-dealkylation sites (tertiary alicyclic amines) is 2. The van der Waals surface area contributed by atoms with Crippen molar-refractivity contribution < 1.29 is 4.79 Å². The van der Waals surface area contributed by atoms with E-state index in [1.807, 2.05) is 4.90 Å². The Hall–Kier alpha value is -0.810. The quantitative estimate of drug-likeness (QED) is 0.784. The van der Waals surface area contributed by atoms with Crippen LogP contribution in [0.3, 0.4) is 0 Å². The molecule has 0 aromatic heterocycles. The molecule has 138 valence electrons. The lowest BCUT2D eigenvalue weighted by atomic mass is 9.99. The Morgan fingerprint density at radius 2 is 1.75 bits per heavy atom. The van der Waals surface area contributed by atoms with Gasteiger partial charge in [0.05, 0.1) is 0 Å². The number of carbonyl (C=O) groups excluding carboxylic acids is 1. The van der Waals surface area contributed by atoms with Crippen LogP contribution in [0.25, 0.3) is 0 Å². The van der Waals surface area contributed by atoms with Gasteiger partial charge < -0.3 is 15.1 Å². The van der Waals surface area contributed by atoms with E-state index in [9.17, 15) is 4.79 Å². The summed E-state index contributed by atoms with van der Waals surface area (Å²) in [6.45, 7) is 8.73. The van der Waals surface area contributed by atoms with Crippen molar-refractivity contribution in [1.29, 1.82) is 0 Å². The highest BCUT2D eigenvalue weighted by Crippen LogP contribution is 2.28. The maximum atomic E-state index is 12.4. The van der Waals surface area contributed by atoms with Crippen molar-refractivity contribution in [2.24, 2.45) is 5.92 Å². The van der Waals surface area contributed by atoms with Crippen LogP contribution >= 0.6 is 0 Å². The number of nitrogens with zero attached hydrogens (tertiary/aromatic N) is 3. The predicted molar refractivity (Wildman–Crippen MR) is 98.2 cm³/mol. The van der Waals surface area contributed by atoms with E-state index in [0.717, 1.165) is 38.4 Å². The van der Waals surface area contributed by atoms with Crippen molar-refractivity contribution in [3.63, 3.8) is 0 Å². The second kappa shape index (κ2) is 8.52. The van der Waals surface area contributed by atoms with Gasteiger partial charge in [0.15, 0.2) is 0 Å². The van der Waals surface area contributed by atoms with E-state index < -0.39 is 0 Å². The van der Waals surface area contributed by atoms with Crippen molar-refractivity contribution in [2.75, 3.05) is 46.3 Å². The Morgan fingerprint density at radius 1 is 1.00 bits per heavy atom. The van der Waals surface area contributed by atoms with Gasteiger partial charge in [0, 0.05) is 31.7 Å². The molecule has 2 unspecified atom stereocenters. The number of fused-ring (bicyclic) bond motifs is 2. The molecule has 3 fully saturated rings. The van der Waals surface area contributed by atoms with E-state index >= 15 is 0 Å². The zero-order chi connectivity index (χ0) is 16.9. The molecule has 3 heterocycles. The Kier molecular flexibility index (Phi) is 6.39. The number of hydrogen-bond acceptors (Lipinski definition) is 3. The first kappa shape index (κ1) is 18.0. The topological polar surface area (TPSA) is 38.8 Å². The van der Waals surface area contributed by atoms with Crippen LogP contribution < -0.4 is 5.32 Å². The number of hydrogen-bond donors (Lipinski definition) is 1. The van der Waals surface area contributed by atoms with E-state index in [4.69, 9.17) is 0 Å². The maximum Gasteiger partial charge on any atom is 0.317 e. The van der Waals surface area contributed by atoms with Crippen molar-refractivity contribution >= 4 is 6.03 Å². The first-order valence-corrected chi connectivity index (χ1v) is 10.1. The average molecular weight is 337 g/mol. The van der Waals surface area contributed by atoms with Crippen LogP contribution in [0.5, 0.6) is 0 Å². The van der Waals surface area contributed by atoms with Crippen LogP contribution in [0.4, 0.5) is 4.79 Å². The molecule has 0 aliphatic carbocycles. The number of nitrogens with one attached hydrogen (secondary N) is 1. The van der Waals surface area contributed by atoms with Crippen molar-refractivity contribution in [3.8, 4) is 0 Å². The lowest BCUT2D eigenvalue weighted by Gasteiger charge is -2.30. The fourth-order valence-electron chi connectivity index (χ4n) is 4.55. The molecule has 3 aliphatic heterocycles. The van der Waals surface area contributed by atoms with Gasteiger partial charge in [-0.1, -0.05) is 6.92 Å². The van der Waals surface area contributed by atoms with Gasteiger partial charge in [-0.2, -0.15) is 0 Å². The standard InChI is InChI=1S/C19H36N4O/c1-16-7-12-22(13-8-16)11-4-3-10-20-19(24)23-14-9-17-5-6-18(15-23)21(17)2/h16-18H,3-15H2,1-2H3,(H,20,24). The molecule has 0 radical (unpaired) electrons. The van der Waals surface area contributed by atoms with Crippen LogP contribution in [-0.4, -0.2) is 79.1 Å². The molecule has 24 heavy (non-hydrogen) atoms. The summed E-state index contributed by atoms with van der Waals surface area (Å²) in [4.78, 5) is 19.5. The summed E-state index contributed by atoms with van der Waals surface area (Å²) >= 11 is 0. The molecule has 2 amide bonds. The summed E-state index contributed by atoms with van der Waals surface area (Å²) < 4.78 is 0. The number of carbonyl (C=O) groups is 1. The fourth-order valence-corrected chi connectivity index (χ4v) is 4.55. The predicted octanol–water partition coefficient (Wildman–Crippen LogP) is 2.38. The third kappa shape index (κ3) is 4.63. The monoisotopic (exact) mass is 336 g/mol. The first-order chi connectivity index (χ1) is 11.6. The third-order valence-electron chi connectivity index (χ3n) is 6.49. The Balaban J connectivity index is 1.29. The van der Waals surface area contributed by atoms with Gasteiger partial charge in [0.2, 0.25) is 0 Å². The zero-order valence-corrected chi connectivity index (χ0v) is 15.7. The van der Waals surface area contributed by atoms with Crippen molar-refractivity contribution in [3.05, 3.63) is 0 Å². The summed E-state index contributed by atoms with van der Waals surface area (Å²) in [6, 6.07) is 1.42. The average Bonchev–Trinajstić information content (AvgIpc) is 2.81. The van der Waals surface area contributed by atoms with Gasteiger partial charge in [-0.25, -0.2) is 4.79 Å². The Morgan fingerprint density at radius 3 is 2.54 bits per heavy atom. The minimum atomic E-state index is 0.155. The second-order valence-corrected chi connectivity index (χ2v) is 8.25. The van der Waals surface area contributed by atoms with Gasteiger partial charge in [-0.3, -0.25) is 4.90 Å². The van der Waals surface area contributed by atoms with E-state index in [2.05, 4.69) is 29.1 Å². The minimum absolute atomic E-state index is 0.155. The lowest BCUT2D eigenvalue weighted by molar-refractivity contribution is 0.184. The number of urea groups is 1. The molecular formula is C19H36N4O. The molecule has 0 saturated carbocycles. The summed E-state index contributed by atoms with van der Waals surface area (Å²) in [7, 11) is 2.23. The second-order valence-electron chi connectivity index (χ2n) is 8.25. The summed E-state index contributed by atoms with van der Waals surface area (Å²) in [6.07, 6.45) is 8.68. The van der Waals surface area contributed by atoms with E-state index in [0.29, 0.717) is 12.1 Å². The number of rotatable bonds is 5. The van der Waals surface area contributed by atoms with Gasteiger partial charge in [-0.05, 0) is 77.5 Å². The largest absolute Gasteiger partial charge is 0.338 e. The molecule has 3 rings (SSSR count). The molecule has 2 bridgehead atoms. The lowest BCUT2D eigenvalue weighted by Crippen LogP contribution is -2.45. The van der Waals surface area contributed by atoms with E-state index in [1.54, 1.807) is 0 Å². The number of unbranched alkanes of at least 4 members (excludes halogenated alkanes) is 1. The van der Waals surface area contributed by atoms with Gasteiger partial charge >= 0.3 is 6.03 Å². The zero-order valence-electron chi connectivity index (χ0n) is 15.7. The molecule has 0 aromatic carbocycles. The number of likely N-dealkylation sites (N-methyl/N-ethyl adjacent to an activating group) is 1. The summed E-state index contributed by atoms with van der Waals surface area (Å²) in [5, 5.41) is 3.15. The van der Waals surface area contributed by atoms with Crippen molar-refractivity contribution in [2.45, 2.75) is 64.0 Å². The molecular weight excluding hydrogens is 300 g/mol. The summed E-state index contributed by atoms with van der Waals surface area (Å²) in [5.41, 5.74) is 0. The van der Waals surface area contributed by atoms with Gasteiger partial charge in [0.1, 0.15) is 0 Å². The molecule has 3 saturated heterocycles. The number of amides is 2. The van der Waals surface area contributed by atoms with E-state index in [-0.39, 0.29) is 6.03 Å². The van der Waals surface area contributed by atoms with Crippen LogP contribution in [0.2, 0.25) is 0 Å². The molecule has 5 nitrogen and oxygen atoms in total. The Bertz CT molecular complexity index is 408. The fraction of sp³-hybridized carbons (Fsp3) is 0.947. The SMILES string of the molecule is CC1CCN(CCCCNC(=O)N2CCC3CCC(C2)N3C)CC1. The minimum Gasteiger partial charge on any atom is -0.338 e. The van der Waals surface area contributed by atoms with Crippen LogP contribution in [0.15, 0.2) is 0 Å². The van der Waals surface area contributed by atoms with Gasteiger partial charge in [-0.15, -0.1) is 0 Å². The molecule has 0 aromatic rings. The third-order valence-corrected chi connectivity index (χ3v) is 6.49. The van der Waals surface area contributed by atoms with Crippen LogP contribution in [0.1, 0.15) is 51.9 Å².